The minimum atomic E-state index is 0.0603. The number of rotatable bonds is 7. The first-order chi connectivity index (χ1) is 12.8. The van der Waals surface area contributed by atoms with E-state index in [1.807, 2.05) is 30.3 Å². The van der Waals surface area contributed by atoms with Crippen molar-refractivity contribution >= 4 is 23.0 Å². The van der Waals surface area contributed by atoms with Crippen LogP contribution in [0.1, 0.15) is 32.6 Å². The number of hydrogen-bond donors (Lipinski definition) is 1. The van der Waals surface area contributed by atoms with Crippen molar-refractivity contribution in [1.82, 2.24) is 0 Å². The molecule has 1 fully saturated rings. The van der Waals surface area contributed by atoms with Gasteiger partial charge in [-0.3, -0.25) is 4.79 Å². The van der Waals surface area contributed by atoms with Crippen molar-refractivity contribution in [2.75, 3.05) is 41.3 Å². The number of para-hydroxylation sites is 1. The van der Waals surface area contributed by atoms with Crippen LogP contribution in [-0.2, 0) is 4.79 Å². The predicted octanol–water partition coefficient (Wildman–Crippen LogP) is 4.53. The van der Waals surface area contributed by atoms with Crippen molar-refractivity contribution in [2.24, 2.45) is 0 Å². The van der Waals surface area contributed by atoms with Gasteiger partial charge in [0.2, 0.25) is 5.91 Å². The maximum atomic E-state index is 12.3. The summed E-state index contributed by atoms with van der Waals surface area (Å²) in [4.78, 5) is 16.9. The molecule has 0 aromatic heterocycles. The molecule has 4 nitrogen and oxygen atoms in total. The Balaban J connectivity index is 1.49. The molecule has 138 valence electrons. The number of anilines is 3. The molecule has 0 atom stereocenters. The maximum Gasteiger partial charge on any atom is 0.226 e. The molecule has 1 amide bonds. The van der Waals surface area contributed by atoms with Crippen molar-refractivity contribution < 1.29 is 4.79 Å². The van der Waals surface area contributed by atoms with Gasteiger partial charge in [0, 0.05) is 49.7 Å². The van der Waals surface area contributed by atoms with Crippen molar-refractivity contribution in [3.05, 3.63) is 54.6 Å². The van der Waals surface area contributed by atoms with Crippen LogP contribution in [0, 0.1) is 0 Å². The van der Waals surface area contributed by atoms with E-state index in [2.05, 4.69) is 46.3 Å². The minimum absolute atomic E-state index is 0.0603. The topological polar surface area (TPSA) is 35.6 Å². The van der Waals surface area contributed by atoms with E-state index >= 15 is 0 Å². The fourth-order valence-corrected chi connectivity index (χ4v) is 3.48. The Morgan fingerprint density at radius 3 is 2.35 bits per heavy atom. The highest BCUT2D eigenvalue weighted by Crippen LogP contribution is 2.22. The predicted molar refractivity (Wildman–Crippen MR) is 110 cm³/mol. The molecule has 2 aromatic carbocycles. The van der Waals surface area contributed by atoms with E-state index in [9.17, 15) is 4.79 Å². The van der Waals surface area contributed by atoms with Gasteiger partial charge in [0.25, 0.3) is 0 Å². The van der Waals surface area contributed by atoms with Crippen molar-refractivity contribution in [3.8, 4) is 0 Å². The normalized spacial score (nSPS) is 14.1. The monoisotopic (exact) mass is 351 g/mol. The van der Waals surface area contributed by atoms with Crippen molar-refractivity contribution in [1.29, 1.82) is 0 Å². The van der Waals surface area contributed by atoms with Crippen molar-refractivity contribution in [3.63, 3.8) is 0 Å². The fraction of sp³-hybridized carbons (Fsp3) is 0.409. The number of carbonyl (C=O) groups excluding carboxylic acids is 1. The van der Waals surface area contributed by atoms with Crippen molar-refractivity contribution in [2.45, 2.75) is 32.6 Å². The van der Waals surface area contributed by atoms with Gasteiger partial charge in [-0.15, -0.1) is 0 Å². The zero-order valence-corrected chi connectivity index (χ0v) is 15.7. The second kappa shape index (κ2) is 9.27. The molecule has 3 rings (SSSR count). The number of carbonyl (C=O) groups is 1. The van der Waals surface area contributed by atoms with Gasteiger partial charge in [-0.25, -0.2) is 0 Å². The largest absolute Gasteiger partial charge is 0.372 e. The Morgan fingerprint density at radius 1 is 1.00 bits per heavy atom. The first-order valence-corrected chi connectivity index (χ1v) is 9.71. The van der Waals surface area contributed by atoms with Crippen LogP contribution in [0.15, 0.2) is 54.6 Å². The first kappa shape index (κ1) is 18.3. The van der Waals surface area contributed by atoms with Crippen LogP contribution in [-0.4, -0.2) is 32.1 Å². The highest BCUT2D eigenvalue weighted by atomic mass is 16.1. The smallest absolute Gasteiger partial charge is 0.226 e. The standard InChI is InChI=1S/C22H29N3O/c1-2-24(20-9-5-3-6-10-20)18-15-22(26)23-19-11-13-21(14-12-19)25-16-7-4-8-17-25/h3,5-6,9-14H,2,4,7-8,15-18H2,1H3,(H,23,26). The third-order valence-corrected chi connectivity index (χ3v) is 4.98. The third kappa shape index (κ3) is 5.01. The quantitative estimate of drug-likeness (QED) is 0.796. The summed E-state index contributed by atoms with van der Waals surface area (Å²) in [6, 6.07) is 18.5. The van der Waals surface area contributed by atoms with E-state index in [0.29, 0.717) is 6.42 Å². The molecule has 1 heterocycles. The molecule has 1 aliphatic rings. The molecule has 1 saturated heterocycles. The Kier molecular flexibility index (Phi) is 6.53. The van der Waals surface area contributed by atoms with Gasteiger partial charge < -0.3 is 15.1 Å². The number of hydrogen-bond acceptors (Lipinski definition) is 3. The molecular weight excluding hydrogens is 322 g/mol. The molecule has 2 aromatic rings. The summed E-state index contributed by atoms with van der Waals surface area (Å²) >= 11 is 0. The van der Waals surface area contributed by atoms with Crippen LogP contribution in [0.3, 0.4) is 0 Å². The second-order valence-corrected chi connectivity index (χ2v) is 6.81. The Bertz CT molecular complexity index is 678. The molecule has 4 heteroatoms. The van der Waals surface area contributed by atoms with Crippen LogP contribution in [0.25, 0.3) is 0 Å². The molecule has 0 radical (unpaired) electrons. The average Bonchev–Trinajstić information content (AvgIpc) is 2.70. The van der Waals surface area contributed by atoms with Gasteiger partial charge in [0.05, 0.1) is 0 Å². The van der Waals surface area contributed by atoms with Crippen LogP contribution >= 0.6 is 0 Å². The molecule has 1 N–H and O–H groups in total. The molecule has 0 bridgehead atoms. The highest BCUT2D eigenvalue weighted by molar-refractivity contribution is 5.91. The zero-order valence-electron chi connectivity index (χ0n) is 15.7. The number of nitrogens with one attached hydrogen (secondary N) is 1. The lowest BCUT2D eigenvalue weighted by Crippen LogP contribution is -2.29. The van der Waals surface area contributed by atoms with Gasteiger partial charge in [-0.1, -0.05) is 18.2 Å². The summed E-state index contributed by atoms with van der Waals surface area (Å²) in [7, 11) is 0. The number of piperidine rings is 1. The fourth-order valence-electron chi connectivity index (χ4n) is 3.48. The number of nitrogens with zero attached hydrogens (tertiary/aromatic N) is 2. The molecule has 26 heavy (non-hydrogen) atoms. The van der Waals surface area contributed by atoms with Gasteiger partial charge in [0.15, 0.2) is 0 Å². The molecular formula is C22H29N3O. The molecule has 0 spiro atoms. The van der Waals surface area contributed by atoms with Crippen LogP contribution in [0.4, 0.5) is 17.1 Å². The lowest BCUT2D eigenvalue weighted by molar-refractivity contribution is -0.116. The van der Waals surface area contributed by atoms with E-state index in [4.69, 9.17) is 0 Å². The molecule has 0 unspecified atom stereocenters. The molecule has 0 saturated carbocycles. The summed E-state index contributed by atoms with van der Waals surface area (Å²) < 4.78 is 0. The van der Waals surface area contributed by atoms with E-state index in [0.717, 1.165) is 37.6 Å². The summed E-state index contributed by atoms with van der Waals surface area (Å²) in [5.41, 5.74) is 3.29. The van der Waals surface area contributed by atoms with Gasteiger partial charge in [-0.2, -0.15) is 0 Å². The van der Waals surface area contributed by atoms with Crippen LogP contribution in [0.5, 0.6) is 0 Å². The number of amides is 1. The van der Waals surface area contributed by atoms with Crippen LogP contribution in [0.2, 0.25) is 0 Å². The lowest BCUT2D eigenvalue weighted by atomic mass is 10.1. The van der Waals surface area contributed by atoms with Gasteiger partial charge in [0.1, 0.15) is 0 Å². The Hall–Kier alpha value is -2.49. The van der Waals surface area contributed by atoms with E-state index in [1.54, 1.807) is 0 Å². The SMILES string of the molecule is CCN(CCC(=O)Nc1ccc(N2CCCCC2)cc1)c1ccccc1. The summed E-state index contributed by atoms with van der Waals surface area (Å²) in [5.74, 6) is 0.0603. The average molecular weight is 351 g/mol. The zero-order chi connectivity index (χ0) is 18.2. The third-order valence-electron chi connectivity index (χ3n) is 4.98. The maximum absolute atomic E-state index is 12.3. The van der Waals surface area contributed by atoms with E-state index in [-0.39, 0.29) is 5.91 Å². The van der Waals surface area contributed by atoms with E-state index < -0.39 is 0 Å². The summed E-state index contributed by atoms with van der Waals surface area (Å²) in [6.07, 6.45) is 4.36. The summed E-state index contributed by atoms with van der Waals surface area (Å²) in [6.45, 7) is 6.00. The Labute approximate surface area is 156 Å². The number of benzene rings is 2. The first-order valence-electron chi connectivity index (χ1n) is 9.71. The Morgan fingerprint density at radius 2 is 1.69 bits per heavy atom. The highest BCUT2D eigenvalue weighted by Gasteiger charge is 2.11. The van der Waals surface area contributed by atoms with Gasteiger partial charge in [-0.05, 0) is 62.6 Å². The van der Waals surface area contributed by atoms with Gasteiger partial charge >= 0.3 is 0 Å². The molecule has 1 aliphatic heterocycles. The second-order valence-electron chi connectivity index (χ2n) is 6.81. The van der Waals surface area contributed by atoms with E-state index in [1.165, 1.54) is 24.9 Å². The summed E-state index contributed by atoms with van der Waals surface area (Å²) in [5, 5.41) is 3.02. The minimum Gasteiger partial charge on any atom is -0.372 e. The van der Waals surface area contributed by atoms with Crippen LogP contribution < -0.4 is 15.1 Å². The lowest BCUT2D eigenvalue weighted by Gasteiger charge is -2.28. The molecule has 0 aliphatic carbocycles.